The fourth-order valence-corrected chi connectivity index (χ4v) is 1.59. The molecule has 0 spiro atoms. The highest BCUT2D eigenvalue weighted by Crippen LogP contribution is 2.23. The van der Waals surface area contributed by atoms with Gasteiger partial charge in [0.25, 0.3) is 0 Å². The second-order valence-corrected chi connectivity index (χ2v) is 4.38. The predicted octanol–water partition coefficient (Wildman–Crippen LogP) is 2.43. The summed E-state index contributed by atoms with van der Waals surface area (Å²) in [5, 5.41) is 9.34. The Hall–Kier alpha value is -1.26. The molecule has 1 amide bonds. The molecule has 0 bridgehead atoms. The molecule has 0 radical (unpaired) electrons. The number of amides is 1. The van der Waals surface area contributed by atoms with Crippen LogP contribution in [0.15, 0.2) is 18.2 Å². The zero-order valence-corrected chi connectivity index (χ0v) is 10.6. The second-order valence-electron chi connectivity index (χ2n) is 3.57. The highest BCUT2D eigenvalue weighted by atomic mass is 35.5. The van der Waals surface area contributed by atoms with E-state index in [1.807, 2.05) is 0 Å². The van der Waals surface area contributed by atoms with Crippen LogP contribution >= 0.6 is 23.2 Å². The van der Waals surface area contributed by atoms with Crippen molar-refractivity contribution in [2.75, 3.05) is 7.05 Å². The summed E-state index contributed by atoms with van der Waals surface area (Å²) in [4.78, 5) is 23.1. The molecule has 0 saturated heterocycles. The molecule has 1 N–H and O–H groups in total. The summed E-state index contributed by atoms with van der Waals surface area (Å²) in [5.41, 5.74) is 0.792. The molecule has 0 aromatic heterocycles. The van der Waals surface area contributed by atoms with Gasteiger partial charge in [-0.15, -0.1) is 0 Å². The minimum Gasteiger partial charge on any atom is -0.481 e. The average molecular weight is 276 g/mol. The van der Waals surface area contributed by atoms with Crippen LogP contribution in [-0.2, 0) is 16.1 Å². The van der Waals surface area contributed by atoms with Crippen molar-refractivity contribution < 1.29 is 14.7 Å². The lowest BCUT2D eigenvalue weighted by Gasteiger charge is -2.16. The minimum absolute atomic E-state index is 0.295. The standard InChI is InChI=1S/C11H11Cl2NO3/c1-14(10(15)5-11(16)17)6-7-2-3-8(12)9(13)4-7/h2-4H,5-6H2,1H3,(H,16,17). The number of carbonyl (C=O) groups is 2. The summed E-state index contributed by atoms with van der Waals surface area (Å²) in [5.74, 6) is -1.60. The van der Waals surface area contributed by atoms with Crippen LogP contribution in [0.3, 0.4) is 0 Å². The Morgan fingerprint density at radius 3 is 2.47 bits per heavy atom. The van der Waals surface area contributed by atoms with Gasteiger partial charge in [0.2, 0.25) is 5.91 Å². The van der Waals surface area contributed by atoms with Crippen LogP contribution in [0.4, 0.5) is 0 Å². The van der Waals surface area contributed by atoms with Crippen LogP contribution in [-0.4, -0.2) is 28.9 Å². The van der Waals surface area contributed by atoms with Gasteiger partial charge in [-0.05, 0) is 17.7 Å². The summed E-state index contributed by atoms with van der Waals surface area (Å²) in [6.07, 6.45) is -0.516. The third kappa shape index (κ3) is 4.24. The third-order valence-electron chi connectivity index (χ3n) is 2.13. The number of benzene rings is 1. The van der Waals surface area contributed by atoms with E-state index in [1.165, 1.54) is 11.9 Å². The molecule has 0 aliphatic rings. The molecule has 4 nitrogen and oxygen atoms in total. The first-order chi connectivity index (χ1) is 7.90. The molecule has 1 rings (SSSR count). The number of carboxylic acid groups (broad SMARTS) is 1. The van der Waals surface area contributed by atoms with Crippen LogP contribution in [0.25, 0.3) is 0 Å². The lowest BCUT2D eigenvalue weighted by molar-refractivity contribution is -0.143. The van der Waals surface area contributed by atoms with E-state index in [0.29, 0.717) is 16.6 Å². The Kier molecular flexibility index (Phi) is 4.78. The molecular formula is C11H11Cl2NO3. The quantitative estimate of drug-likeness (QED) is 0.859. The van der Waals surface area contributed by atoms with Crippen LogP contribution < -0.4 is 0 Å². The predicted molar refractivity (Wildman–Crippen MR) is 65.2 cm³/mol. The SMILES string of the molecule is CN(Cc1ccc(Cl)c(Cl)c1)C(=O)CC(=O)O. The van der Waals surface area contributed by atoms with E-state index in [4.69, 9.17) is 28.3 Å². The maximum Gasteiger partial charge on any atom is 0.312 e. The van der Waals surface area contributed by atoms with Gasteiger partial charge in [-0.2, -0.15) is 0 Å². The fourth-order valence-electron chi connectivity index (χ4n) is 1.26. The topological polar surface area (TPSA) is 57.6 Å². The van der Waals surface area contributed by atoms with Crippen molar-refractivity contribution in [1.29, 1.82) is 0 Å². The van der Waals surface area contributed by atoms with Gasteiger partial charge < -0.3 is 10.0 Å². The number of nitrogens with zero attached hydrogens (tertiary/aromatic N) is 1. The number of carbonyl (C=O) groups excluding carboxylic acids is 1. The molecule has 0 aliphatic carbocycles. The van der Waals surface area contributed by atoms with E-state index in [2.05, 4.69) is 0 Å². The Labute approximate surface area is 109 Å². The molecular weight excluding hydrogens is 265 g/mol. The second kappa shape index (κ2) is 5.89. The molecule has 1 aromatic rings. The molecule has 17 heavy (non-hydrogen) atoms. The van der Waals surface area contributed by atoms with Crippen LogP contribution in [0, 0.1) is 0 Å². The van der Waals surface area contributed by atoms with E-state index in [0.717, 1.165) is 5.56 Å². The van der Waals surface area contributed by atoms with Gasteiger partial charge in [0.15, 0.2) is 0 Å². The van der Waals surface area contributed by atoms with Crippen molar-refractivity contribution in [2.24, 2.45) is 0 Å². The van der Waals surface area contributed by atoms with E-state index < -0.39 is 18.3 Å². The van der Waals surface area contributed by atoms with Crippen LogP contribution in [0.2, 0.25) is 10.0 Å². The molecule has 6 heteroatoms. The van der Waals surface area contributed by atoms with Gasteiger partial charge in [0.1, 0.15) is 6.42 Å². The smallest absolute Gasteiger partial charge is 0.312 e. The summed E-state index contributed by atoms with van der Waals surface area (Å²) in [6, 6.07) is 5.02. The lowest BCUT2D eigenvalue weighted by atomic mass is 10.2. The van der Waals surface area contributed by atoms with Gasteiger partial charge in [0.05, 0.1) is 10.0 Å². The molecule has 0 unspecified atom stereocenters. The molecule has 0 aliphatic heterocycles. The lowest BCUT2D eigenvalue weighted by Crippen LogP contribution is -2.28. The monoisotopic (exact) mass is 275 g/mol. The van der Waals surface area contributed by atoms with Crippen molar-refractivity contribution in [1.82, 2.24) is 4.90 Å². The van der Waals surface area contributed by atoms with Gasteiger partial charge in [-0.25, -0.2) is 0 Å². The highest BCUT2D eigenvalue weighted by Gasteiger charge is 2.13. The fraction of sp³-hybridized carbons (Fsp3) is 0.273. The van der Waals surface area contributed by atoms with E-state index in [9.17, 15) is 9.59 Å². The Bertz CT molecular complexity index is 448. The average Bonchev–Trinajstić information content (AvgIpc) is 2.22. The molecule has 0 atom stereocenters. The summed E-state index contributed by atoms with van der Waals surface area (Å²) in [6.45, 7) is 0.295. The molecule has 0 heterocycles. The minimum atomic E-state index is -1.14. The van der Waals surface area contributed by atoms with Crippen molar-refractivity contribution >= 4 is 35.1 Å². The van der Waals surface area contributed by atoms with E-state index >= 15 is 0 Å². The van der Waals surface area contributed by atoms with Gasteiger partial charge in [0, 0.05) is 13.6 Å². The maximum atomic E-state index is 11.4. The zero-order valence-electron chi connectivity index (χ0n) is 9.11. The Morgan fingerprint density at radius 2 is 1.94 bits per heavy atom. The summed E-state index contributed by atoms with van der Waals surface area (Å²) < 4.78 is 0. The first-order valence-electron chi connectivity index (χ1n) is 4.80. The maximum absolute atomic E-state index is 11.4. The van der Waals surface area contributed by atoms with Crippen LogP contribution in [0.5, 0.6) is 0 Å². The van der Waals surface area contributed by atoms with Crippen molar-refractivity contribution in [3.63, 3.8) is 0 Å². The Balaban J connectivity index is 2.67. The highest BCUT2D eigenvalue weighted by molar-refractivity contribution is 6.42. The number of hydrogen-bond donors (Lipinski definition) is 1. The van der Waals surface area contributed by atoms with Crippen molar-refractivity contribution in [3.8, 4) is 0 Å². The first kappa shape index (κ1) is 13.8. The normalized spacial score (nSPS) is 10.1. The number of carboxylic acids is 1. The molecule has 0 saturated carbocycles. The van der Waals surface area contributed by atoms with Gasteiger partial charge in [-0.1, -0.05) is 29.3 Å². The third-order valence-corrected chi connectivity index (χ3v) is 2.87. The van der Waals surface area contributed by atoms with Gasteiger partial charge in [-0.3, -0.25) is 9.59 Å². The van der Waals surface area contributed by atoms with E-state index in [-0.39, 0.29) is 0 Å². The summed E-state index contributed by atoms with van der Waals surface area (Å²) in [7, 11) is 1.54. The number of rotatable bonds is 4. The molecule has 0 fully saturated rings. The van der Waals surface area contributed by atoms with Gasteiger partial charge >= 0.3 is 5.97 Å². The summed E-state index contributed by atoms with van der Waals surface area (Å²) >= 11 is 11.6. The molecule has 1 aromatic carbocycles. The van der Waals surface area contributed by atoms with E-state index in [1.54, 1.807) is 18.2 Å². The zero-order chi connectivity index (χ0) is 13.0. The Morgan fingerprint density at radius 1 is 1.29 bits per heavy atom. The van der Waals surface area contributed by atoms with Crippen molar-refractivity contribution in [2.45, 2.75) is 13.0 Å². The largest absolute Gasteiger partial charge is 0.481 e. The van der Waals surface area contributed by atoms with Crippen LogP contribution in [0.1, 0.15) is 12.0 Å². The molecule has 92 valence electrons. The number of halogens is 2. The number of hydrogen-bond acceptors (Lipinski definition) is 2. The number of aliphatic carboxylic acids is 1. The first-order valence-corrected chi connectivity index (χ1v) is 5.55. The van der Waals surface area contributed by atoms with Crippen molar-refractivity contribution in [3.05, 3.63) is 33.8 Å².